The van der Waals surface area contributed by atoms with Crippen LogP contribution >= 0.6 is 0 Å². The topological polar surface area (TPSA) is 61.9 Å². The third-order valence-corrected chi connectivity index (χ3v) is 4.92. The van der Waals surface area contributed by atoms with Crippen molar-refractivity contribution in [2.75, 3.05) is 44.6 Å². The Labute approximate surface area is 149 Å². The molecule has 2 heterocycles. The molecule has 0 aliphatic carbocycles. The van der Waals surface area contributed by atoms with E-state index in [-0.39, 0.29) is 17.9 Å². The summed E-state index contributed by atoms with van der Waals surface area (Å²) in [6.07, 6.45) is 1.55. The average Bonchev–Trinajstić information content (AvgIpc) is 3.13. The number of nitrogens with one attached hydrogen (secondary N) is 1. The number of aryl methyl sites for hydroxylation is 2. The van der Waals surface area contributed by atoms with Gasteiger partial charge >= 0.3 is 0 Å². The van der Waals surface area contributed by atoms with Crippen molar-refractivity contribution in [2.45, 2.75) is 32.8 Å². The summed E-state index contributed by atoms with van der Waals surface area (Å²) in [5, 5.41) is 3.00. The van der Waals surface area contributed by atoms with Crippen molar-refractivity contribution < 1.29 is 14.3 Å². The van der Waals surface area contributed by atoms with E-state index < -0.39 is 0 Å². The summed E-state index contributed by atoms with van der Waals surface area (Å²) in [7, 11) is 0. The molecule has 2 saturated heterocycles. The molecule has 6 nitrogen and oxygen atoms in total. The van der Waals surface area contributed by atoms with Gasteiger partial charge in [0.15, 0.2) is 0 Å². The maximum atomic E-state index is 12.3. The van der Waals surface area contributed by atoms with Crippen LogP contribution in [0.2, 0.25) is 0 Å². The monoisotopic (exact) mass is 345 g/mol. The molecule has 0 bridgehead atoms. The normalized spacial score (nSPS) is 21.4. The molecule has 6 heteroatoms. The standard InChI is InChI=1S/C19H27N3O3/c1-14-5-6-15(2)16(12-14)20-18(23)13-21-7-9-22(10-8-21)19(24)17-4-3-11-25-17/h5-6,12,17H,3-4,7-11,13H2,1-2H3,(H,20,23). The Kier molecular flexibility index (Phi) is 5.71. The zero-order valence-corrected chi connectivity index (χ0v) is 15.1. The van der Waals surface area contributed by atoms with Crippen LogP contribution in [0.4, 0.5) is 5.69 Å². The van der Waals surface area contributed by atoms with Crippen molar-refractivity contribution in [2.24, 2.45) is 0 Å². The lowest BCUT2D eigenvalue weighted by molar-refractivity contribution is -0.142. The van der Waals surface area contributed by atoms with Crippen LogP contribution < -0.4 is 5.32 Å². The maximum Gasteiger partial charge on any atom is 0.251 e. The molecule has 2 aliphatic rings. The van der Waals surface area contributed by atoms with Gasteiger partial charge in [-0.2, -0.15) is 0 Å². The minimum atomic E-state index is -0.251. The van der Waals surface area contributed by atoms with Crippen LogP contribution in [0.15, 0.2) is 18.2 Å². The molecule has 3 rings (SSSR count). The first-order valence-corrected chi connectivity index (χ1v) is 9.03. The van der Waals surface area contributed by atoms with E-state index in [1.54, 1.807) is 0 Å². The fourth-order valence-electron chi connectivity index (χ4n) is 3.37. The van der Waals surface area contributed by atoms with E-state index >= 15 is 0 Å². The van der Waals surface area contributed by atoms with E-state index in [4.69, 9.17) is 4.74 Å². The van der Waals surface area contributed by atoms with Gasteiger partial charge in [0.05, 0.1) is 6.54 Å². The second-order valence-electron chi connectivity index (χ2n) is 6.97. The van der Waals surface area contributed by atoms with Crippen LogP contribution in [0.5, 0.6) is 0 Å². The molecule has 0 spiro atoms. The lowest BCUT2D eigenvalue weighted by Gasteiger charge is -2.35. The van der Waals surface area contributed by atoms with Gasteiger partial charge in [0.1, 0.15) is 6.10 Å². The van der Waals surface area contributed by atoms with E-state index in [9.17, 15) is 9.59 Å². The highest BCUT2D eigenvalue weighted by Gasteiger charge is 2.30. The summed E-state index contributed by atoms with van der Waals surface area (Å²) in [5.41, 5.74) is 3.06. The maximum absolute atomic E-state index is 12.3. The molecule has 1 N–H and O–H groups in total. The summed E-state index contributed by atoms with van der Waals surface area (Å²) < 4.78 is 5.48. The number of hydrogen-bond acceptors (Lipinski definition) is 4. The number of nitrogens with zero attached hydrogens (tertiary/aromatic N) is 2. The molecule has 1 atom stereocenters. The van der Waals surface area contributed by atoms with Gasteiger partial charge in [0, 0.05) is 38.5 Å². The summed E-state index contributed by atoms with van der Waals surface area (Å²) >= 11 is 0. The van der Waals surface area contributed by atoms with Gasteiger partial charge < -0.3 is 15.0 Å². The largest absolute Gasteiger partial charge is 0.368 e. The number of carbonyl (C=O) groups is 2. The highest BCUT2D eigenvalue weighted by molar-refractivity contribution is 5.93. The van der Waals surface area contributed by atoms with Crippen molar-refractivity contribution in [3.8, 4) is 0 Å². The molecule has 0 radical (unpaired) electrons. The predicted octanol–water partition coefficient (Wildman–Crippen LogP) is 1.57. The van der Waals surface area contributed by atoms with Crippen LogP contribution in [-0.2, 0) is 14.3 Å². The van der Waals surface area contributed by atoms with E-state index in [1.165, 1.54) is 0 Å². The van der Waals surface area contributed by atoms with Crippen LogP contribution in [0.3, 0.4) is 0 Å². The van der Waals surface area contributed by atoms with E-state index in [2.05, 4.69) is 10.2 Å². The highest BCUT2D eigenvalue weighted by Crippen LogP contribution is 2.17. The molecule has 0 aromatic heterocycles. The highest BCUT2D eigenvalue weighted by atomic mass is 16.5. The molecule has 2 aliphatic heterocycles. The van der Waals surface area contributed by atoms with Gasteiger partial charge in [-0.25, -0.2) is 0 Å². The van der Waals surface area contributed by atoms with Crippen LogP contribution in [0.1, 0.15) is 24.0 Å². The predicted molar refractivity (Wildman–Crippen MR) is 96.5 cm³/mol. The summed E-state index contributed by atoms with van der Waals surface area (Å²) in [6.45, 7) is 7.82. The fourth-order valence-corrected chi connectivity index (χ4v) is 3.37. The number of hydrogen-bond donors (Lipinski definition) is 1. The zero-order chi connectivity index (χ0) is 17.8. The molecule has 2 fully saturated rings. The minimum absolute atomic E-state index is 0.00685. The number of rotatable bonds is 4. The molecular formula is C19H27N3O3. The summed E-state index contributed by atoms with van der Waals surface area (Å²) in [4.78, 5) is 28.6. The van der Waals surface area contributed by atoms with Gasteiger partial charge in [-0.3, -0.25) is 14.5 Å². The van der Waals surface area contributed by atoms with Crippen molar-refractivity contribution >= 4 is 17.5 Å². The van der Waals surface area contributed by atoms with Crippen molar-refractivity contribution in [3.05, 3.63) is 29.3 Å². The summed E-state index contributed by atoms with van der Waals surface area (Å²) in [5.74, 6) is 0.101. The average molecular weight is 345 g/mol. The number of benzene rings is 1. The minimum Gasteiger partial charge on any atom is -0.368 e. The lowest BCUT2D eigenvalue weighted by Crippen LogP contribution is -2.52. The third-order valence-electron chi connectivity index (χ3n) is 4.92. The molecule has 0 saturated carbocycles. The Morgan fingerprint density at radius 2 is 1.96 bits per heavy atom. The van der Waals surface area contributed by atoms with Crippen LogP contribution in [0.25, 0.3) is 0 Å². The molecule has 1 aromatic rings. The van der Waals surface area contributed by atoms with Crippen molar-refractivity contribution in [1.29, 1.82) is 0 Å². The second-order valence-corrected chi connectivity index (χ2v) is 6.97. The first kappa shape index (κ1) is 17.9. The SMILES string of the molecule is Cc1ccc(C)c(NC(=O)CN2CCN(C(=O)C3CCCO3)CC2)c1. The number of piperazine rings is 1. The van der Waals surface area contributed by atoms with Crippen molar-refractivity contribution in [3.63, 3.8) is 0 Å². The number of carbonyl (C=O) groups excluding carboxylic acids is 2. The first-order chi connectivity index (χ1) is 12.0. The Balaban J connectivity index is 1.46. The molecular weight excluding hydrogens is 318 g/mol. The molecule has 1 aromatic carbocycles. The third kappa shape index (κ3) is 4.58. The van der Waals surface area contributed by atoms with Crippen LogP contribution in [0, 0.1) is 13.8 Å². The van der Waals surface area contributed by atoms with Gasteiger partial charge in [-0.05, 0) is 43.9 Å². The van der Waals surface area contributed by atoms with Gasteiger partial charge in [0.2, 0.25) is 5.91 Å². The Morgan fingerprint density at radius 1 is 1.20 bits per heavy atom. The smallest absolute Gasteiger partial charge is 0.251 e. The number of amides is 2. The Hall–Kier alpha value is -1.92. The van der Waals surface area contributed by atoms with Crippen molar-refractivity contribution in [1.82, 2.24) is 9.80 Å². The second kappa shape index (κ2) is 7.97. The Bertz CT molecular complexity index is 633. The number of anilines is 1. The van der Waals surface area contributed by atoms with E-state index in [0.717, 1.165) is 42.7 Å². The summed E-state index contributed by atoms with van der Waals surface area (Å²) in [6, 6.07) is 6.04. The van der Waals surface area contributed by atoms with Crippen LogP contribution in [-0.4, -0.2) is 67.0 Å². The molecule has 2 amide bonds. The fraction of sp³-hybridized carbons (Fsp3) is 0.579. The Morgan fingerprint density at radius 3 is 2.64 bits per heavy atom. The molecule has 25 heavy (non-hydrogen) atoms. The lowest BCUT2D eigenvalue weighted by atomic mass is 10.1. The van der Waals surface area contributed by atoms with Gasteiger partial charge in [-0.15, -0.1) is 0 Å². The first-order valence-electron chi connectivity index (χ1n) is 9.03. The molecule has 136 valence electrons. The van der Waals surface area contributed by atoms with E-state index in [0.29, 0.717) is 26.2 Å². The van der Waals surface area contributed by atoms with Gasteiger partial charge in [0.25, 0.3) is 5.91 Å². The van der Waals surface area contributed by atoms with E-state index in [1.807, 2.05) is 36.9 Å². The number of ether oxygens (including phenoxy) is 1. The zero-order valence-electron chi connectivity index (χ0n) is 15.1. The van der Waals surface area contributed by atoms with Gasteiger partial charge in [-0.1, -0.05) is 12.1 Å². The molecule has 1 unspecified atom stereocenters. The quantitative estimate of drug-likeness (QED) is 0.900.